The van der Waals surface area contributed by atoms with E-state index in [1.54, 1.807) is 42.5 Å². The van der Waals surface area contributed by atoms with Crippen LogP contribution in [-0.2, 0) is 30.8 Å². The van der Waals surface area contributed by atoms with Gasteiger partial charge in [-0.3, -0.25) is 4.79 Å². The molecule has 1 aliphatic heterocycles. The van der Waals surface area contributed by atoms with Crippen molar-refractivity contribution in [1.82, 2.24) is 19.1 Å². The molecule has 2 aromatic carbocycles. The predicted octanol–water partition coefficient (Wildman–Crippen LogP) is 5.97. The highest BCUT2D eigenvalue weighted by molar-refractivity contribution is 7.99. The van der Waals surface area contributed by atoms with Crippen molar-refractivity contribution in [3.63, 3.8) is 0 Å². The highest BCUT2D eigenvalue weighted by atomic mass is 32.2. The first kappa shape index (κ1) is 36.0. The average molecular weight is 698 g/mol. The van der Waals surface area contributed by atoms with Crippen LogP contribution in [-0.4, -0.2) is 77.5 Å². The van der Waals surface area contributed by atoms with E-state index in [4.69, 9.17) is 9.47 Å². The molecule has 1 amide bonds. The first-order chi connectivity index (χ1) is 22.9. The number of nitrogens with zero attached hydrogens (tertiary/aromatic N) is 4. The van der Waals surface area contributed by atoms with E-state index in [0.29, 0.717) is 78.4 Å². The number of nitrogens with one attached hydrogen (secondary N) is 1. The van der Waals surface area contributed by atoms with E-state index in [1.165, 1.54) is 16.1 Å². The second kappa shape index (κ2) is 16.0. The number of anilines is 1. The zero-order valence-corrected chi connectivity index (χ0v) is 30.1. The van der Waals surface area contributed by atoms with Gasteiger partial charge >= 0.3 is 5.97 Å². The van der Waals surface area contributed by atoms with Crippen molar-refractivity contribution in [3.05, 3.63) is 54.1 Å². The number of hydrogen-bond donors (Lipinski definition) is 1. The molecular formula is C35H47N5O6S2. The number of carbonyl (C=O) groups is 2. The van der Waals surface area contributed by atoms with Crippen LogP contribution in [0.5, 0.6) is 0 Å². The molecule has 1 saturated carbocycles. The molecule has 0 spiro atoms. The van der Waals surface area contributed by atoms with E-state index in [2.05, 4.69) is 50.1 Å². The number of amides is 1. The van der Waals surface area contributed by atoms with E-state index in [0.717, 1.165) is 19.3 Å². The van der Waals surface area contributed by atoms with Gasteiger partial charge in [0, 0.05) is 25.2 Å². The topological polar surface area (TPSA) is 133 Å². The summed E-state index contributed by atoms with van der Waals surface area (Å²) < 4.78 is 41.4. The number of ether oxygens (including phenoxy) is 2. The van der Waals surface area contributed by atoms with Crippen molar-refractivity contribution < 1.29 is 27.5 Å². The zero-order valence-electron chi connectivity index (χ0n) is 28.4. The Morgan fingerprint density at radius 2 is 1.79 bits per heavy atom. The van der Waals surface area contributed by atoms with Gasteiger partial charge in [0.1, 0.15) is 6.10 Å². The molecule has 11 nitrogen and oxygen atoms in total. The third-order valence-corrected chi connectivity index (χ3v) is 11.8. The van der Waals surface area contributed by atoms with E-state index in [9.17, 15) is 18.0 Å². The van der Waals surface area contributed by atoms with Crippen LogP contribution in [0, 0.1) is 23.7 Å². The average Bonchev–Trinajstić information content (AvgIpc) is 3.45. The number of morpholine rings is 1. The number of hydrogen-bond acceptors (Lipinski definition) is 9. The SMILES string of the molecule is CC(C)Cn1c(SCC(=O)Nc2ccccc2C(=O)O[C@@H]2C[C@@H](C)CC[C@H]2C(C)C)nnc1-c1cccc(S(=O)(=O)N2CCOCC2)c1. The molecule has 1 saturated heterocycles. The largest absolute Gasteiger partial charge is 0.458 e. The molecule has 13 heteroatoms. The van der Waals surface area contributed by atoms with Crippen LogP contribution in [0.4, 0.5) is 5.69 Å². The lowest BCUT2D eigenvalue weighted by molar-refractivity contribution is -0.113. The first-order valence-corrected chi connectivity index (χ1v) is 19.2. The highest BCUT2D eigenvalue weighted by Gasteiger charge is 2.34. The second-order valence-electron chi connectivity index (χ2n) is 13.5. The summed E-state index contributed by atoms with van der Waals surface area (Å²) in [5.74, 6) is 1.27. The summed E-state index contributed by atoms with van der Waals surface area (Å²) in [5.41, 5.74) is 1.35. The Bertz CT molecular complexity index is 1690. The Morgan fingerprint density at radius 1 is 1.04 bits per heavy atom. The Morgan fingerprint density at radius 3 is 2.52 bits per heavy atom. The van der Waals surface area contributed by atoms with E-state index >= 15 is 0 Å². The molecule has 1 aromatic heterocycles. The number of rotatable bonds is 12. The standard InChI is InChI=1S/C35H47N5O6S2/c1-23(2)21-40-33(26-9-8-10-27(20-26)48(43,44)39-15-17-45-18-16-39)37-38-35(40)47-22-32(41)36-30-12-7-6-11-29(30)34(42)46-31-19-25(5)13-14-28(31)24(3)4/h6-12,20,23-25,28,31H,13-19,21-22H2,1-5H3,(H,36,41)/t25-,28-,31+/m0/s1. The Hall–Kier alpha value is -3.26. The molecule has 0 bridgehead atoms. The van der Waals surface area contributed by atoms with Gasteiger partial charge in [-0.05, 0) is 60.8 Å². The summed E-state index contributed by atoms with van der Waals surface area (Å²) in [4.78, 5) is 26.8. The normalized spacial score (nSPS) is 20.6. The minimum atomic E-state index is -3.70. The van der Waals surface area contributed by atoms with Crippen LogP contribution < -0.4 is 5.32 Å². The van der Waals surface area contributed by atoms with Crippen molar-refractivity contribution in [3.8, 4) is 11.4 Å². The minimum Gasteiger partial charge on any atom is -0.458 e. The summed E-state index contributed by atoms with van der Waals surface area (Å²) in [6, 6.07) is 13.7. The molecule has 2 aliphatic rings. The molecule has 0 radical (unpaired) electrons. The van der Waals surface area contributed by atoms with E-state index in [1.807, 2.05) is 10.6 Å². The van der Waals surface area contributed by atoms with Gasteiger partial charge in [-0.1, -0.05) is 77.1 Å². The molecule has 3 aromatic rings. The van der Waals surface area contributed by atoms with Crippen LogP contribution >= 0.6 is 11.8 Å². The van der Waals surface area contributed by atoms with Gasteiger partial charge in [0.25, 0.3) is 0 Å². The van der Waals surface area contributed by atoms with Crippen LogP contribution in [0.15, 0.2) is 58.6 Å². The van der Waals surface area contributed by atoms with Crippen LogP contribution in [0.1, 0.15) is 64.2 Å². The van der Waals surface area contributed by atoms with Gasteiger partial charge in [-0.15, -0.1) is 10.2 Å². The molecule has 2 heterocycles. The van der Waals surface area contributed by atoms with Crippen molar-refractivity contribution in [1.29, 1.82) is 0 Å². The third kappa shape index (κ3) is 8.66. The van der Waals surface area contributed by atoms with Crippen LogP contribution in [0.2, 0.25) is 0 Å². The smallest absolute Gasteiger partial charge is 0.340 e. The predicted molar refractivity (Wildman–Crippen MR) is 186 cm³/mol. The lowest BCUT2D eigenvalue weighted by atomic mass is 9.75. The Kier molecular flexibility index (Phi) is 12.0. The van der Waals surface area contributed by atoms with Crippen LogP contribution in [0.25, 0.3) is 11.4 Å². The number of thioether (sulfide) groups is 1. The number of sulfonamides is 1. The molecule has 3 atom stereocenters. The number of aromatic nitrogens is 3. The molecule has 48 heavy (non-hydrogen) atoms. The summed E-state index contributed by atoms with van der Waals surface area (Å²) in [6.45, 7) is 12.6. The number of para-hydroxylation sites is 1. The Balaban J connectivity index is 1.29. The maximum atomic E-state index is 13.4. The zero-order chi connectivity index (χ0) is 34.4. The van der Waals surface area contributed by atoms with Gasteiger partial charge in [0.05, 0.1) is 35.1 Å². The number of benzene rings is 2. The van der Waals surface area contributed by atoms with Gasteiger partial charge in [-0.25, -0.2) is 13.2 Å². The fourth-order valence-electron chi connectivity index (χ4n) is 6.41. The summed E-state index contributed by atoms with van der Waals surface area (Å²) in [7, 11) is -3.70. The van der Waals surface area contributed by atoms with Gasteiger partial charge in [0.2, 0.25) is 15.9 Å². The summed E-state index contributed by atoms with van der Waals surface area (Å²) in [6.07, 6.45) is 2.86. The number of esters is 1. The molecule has 2 fully saturated rings. The maximum Gasteiger partial charge on any atom is 0.340 e. The van der Waals surface area contributed by atoms with Crippen molar-refractivity contribution >= 4 is 39.3 Å². The molecular weight excluding hydrogens is 651 g/mol. The summed E-state index contributed by atoms with van der Waals surface area (Å²) >= 11 is 1.23. The molecule has 260 valence electrons. The van der Waals surface area contributed by atoms with Crippen molar-refractivity contribution in [2.24, 2.45) is 23.7 Å². The second-order valence-corrected chi connectivity index (χ2v) is 16.4. The molecule has 0 unspecified atom stereocenters. The van der Waals surface area contributed by atoms with Crippen molar-refractivity contribution in [2.75, 3.05) is 37.4 Å². The van der Waals surface area contributed by atoms with E-state index in [-0.39, 0.29) is 28.6 Å². The molecule has 1 aliphatic carbocycles. The van der Waals surface area contributed by atoms with Gasteiger partial charge < -0.3 is 19.4 Å². The van der Waals surface area contributed by atoms with Crippen LogP contribution in [0.3, 0.4) is 0 Å². The quantitative estimate of drug-likeness (QED) is 0.180. The van der Waals surface area contributed by atoms with Gasteiger partial charge in [-0.2, -0.15) is 4.31 Å². The maximum absolute atomic E-state index is 13.4. The lowest BCUT2D eigenvalue weighted by Crippen LogP contribution is -2.40. The highest BCUT2D eigenvalue weighted by Crippen LogP contribution is 2.36. The van der Waals surface area contributed by atoms with E-state index < -0.39 is 16.0 Å². The third-order valence-electron chi connectivity index (χ3n) is 8.94. The van der Waals surface area contributed by atoms with Gasteiger partial charge in [0.15, 0.2) is 11.0 Å². The minimum absolute atomic E-state index is 0.0284. The lowest BCUT2D eigenvalue weighted by Gasteiger charge is -2.36. The van der Waals surface area contributed by atoms with Crippen molar-refractivity contribution in [2.45, 2.75) is 76.6 Å². The monoisotopic (exact) mass is 697 g/mol. The first-order valence-electron chi connectivity index (χ1n) is 16.8. The molecule has 5 rings (SSSR count). The molecule has 1 N–H and O–H groups in total. The Labute approximate surface area is 288 Å². The number of carbonyl (C=O) groups excluding carboxylic acids is 2. The fraction of sp³-hybridized carbons (Fsp3) is 0.543. The summed E-state index contributed by atoms with van der Waals surface area (Å²) in [5, 5.41) is 12.2. The fourth-order valence-corrected chi connectivity index (χ4v) is 8.61.